The van der Waals surface area contributed by atoms with Crippen LogP contribution in [0.3, 0.4) is 0 Å². The van der Waals surface area contributed by atoms with Crippen LogP contribution in [0.2, 0.25) is 0 Å². The van der Waals surface area contributed by atoms with Gasteiger partial charge in [0.15, 0.2) is 0 Å². The van der Waals surface area contributed by atoms with Crippen LogP contribution in [0, 0.1) is 5.92 Å². The summed E-state index contributed by atoms with van der Waals surface area (Å²) in [5.74, 6) is 3.29. The molecule has 1 aromatic heterocycles. The number of hydrogen-bond donors (Lipinski definition) is 1. The van der Waals surface area contributed by atoms with E-state index in [0.29, 0.717) is 24.4 Å². The van der Waals surface area contributed by atoms with Gasteiger partial charge in [0.2, 0.25) is 0 Å². The van der Waals surface area contributed by atoms with E-state index in [0.717, 1.165) is 56.4 Å². The van der Waals surface area contributed by atoms with E-state index in [1.807, 2.05) is 0 Å². The number of carbonyl (C=O) groups is 1. The first-order valence-corrected chi connectivity index (χ1v) is 12.1. The van der Waals surface area contributed by atoms with Crippen molar-refractivity contribution in [2.24, 2.45) is 5.92 Å². The molecule has 7 nitrogen and oxygen atoms in total. The molecule has 0 spiro atoms. The minimum absolute atomic E-state index is 0.0937. The minimum atomic E-state index is -0.0937. The normalized spacial score (nSPS) is 14.0. The van der Waals surface area contributed by atoms with E-state index < -0.39 is 0 Å². The predicted molar refractivity (Wildman–Crippen MR) is 133 cm³/mol. The Kier molecular flexibility index (Phi) is 7.95. The van der Waals surface area contributed by atoms with Crippen molar-refractivity contribution in [3.63, 3.8) is 0 Å². The standard InChI is InChI=1S/C27H35N5O2/c1-20(2)18-21-4-6-22(7-5-21)19-31-15-13-26-30-29-25(32(26)17-16-31)12-14-28-27(33)23-8-10-24(34-3)11-9-23/h4-11,20H,12-19H2,1-3H3,(H,28,33). The first-order valence-electron chi connectivity index (χ1n) is 12.1. The highest BCUT2D eigenvalue weighted by molar-refractivity contribution is 5.94. The molecule has 180 valence electrons. The average molecular weight is 462 g/mol. The molecule has 0 atom stereocenters. The molecule has 0 bridgehead atoms. The molecule has 3 aromatic rings. The van der Waals surface area contributed by atoms with Crippen LogP contribution in [0.1, 0.15) is 47.0 Å². The van der Waals surface area contributed by atoms with Gasteiger partial charge in [0.05, 0.1) is 7.11 Å². The van der Waals surface area contributed by atoms with Gasteiger partial charge in [-0.2, -0.15) is 0 Å². The topological polar surface area (TPSA) is 72.3 Å². The number of amides is 1. The molecule has 0 fully saturated rings. The van der Waals surface area contributed by atoms with Crippen molar-refractivity contribution < 1.29 is 9.53 Å². The van der Waals surface area contributed by atoms with Gasteiger partial charge < -0.3 is 14.6 Å². The summed E-state index contributed by atoms with van der Waals surface area (Å²) in [5, 5.41) is 11.8. The fourth-order valence-electron chi connectivity index (χ4n) is 4.41. The minimum Gasteiger partial charge on any atom is -0.497 e. The molecule has 0 unspecified atom stereocenters. The van der Waals surface area contributed by atoms with E-state index in [9.17, 15) is 4.79 Å². The molecule has 1 aliphatic rings. The van der Waals surface area contributed by atoms with Gasteiger partial charge in [0, 0.05) is 51.1 Å². The number of rotatable bonds is 9. The zero-order chi connectivity index (χ0) is 23.9. The lowest BCUT2D eigenvalue weighted by Gasteiger charge is -2.20. The summed E-state index contributed by atoms with van der Waals surface area (Å²) in [4.78, 5) is 14.9. The SMILES string of the molecule is COc1ccc(C(=O)NCCc2nnc3n2CCN(Cc2ccc(CC(C)C)cc2)CC3)cc1. The smallest absolute Gasteiger partial charge is 0.251 e. The third-order valence-electron chi connectivity index (χ3n) is 6.25. The second kappa shape index (κ2) is 11.3. The highest BCUT2D eigenvalue weighted by Gasteiger charge is 2.19. The molecule has 1 N–H and O–H groups in total. The Labute approximate surface area is 202 Å². The Balaban J connectivity index is 1.27. The molecule has 2 aromatic carbocycles. The maximum Gasteiger partial charge on any atom is 0.251 e. The number of ether oxygens (including phenoxy) is 1. The van der Waals surface area contributed by atoms with Crippen LogP contribution < -0.4 is 10.1 Å². The van der Waals surface area contributed by atoms with Crippen LogP contribution in [0.5, 0.6) is 5.75 Å². The second-order valence-corrected chi connectivity index (χ2v) is 9.36. The van der Waals surface area contributed by atoms with E-state index in [4.69, 9.17) is 4.74 Å². The zero-order valence-electron chi connectivity index (χ0n) is 20.5. The summed E-state index contributed by atoms with van der Waals surface area (Å²) >= 11 is 0. The molecule has 0 radical (unpaired) electrons. The van der Waals surface area contributed by atoms with Gasteiger partial charge in [0.25, 0.3) is 5.91 Å². The Hall–Kier alpha value is -3.19. The summed E-state index contributed by atoms with van der Waals surface area (Å²) in [6, 6.07) is 16.2. The summed E-state index contributed by atoms with van der Waals surface area (Å²) in [5.41, 5.74) is 3.38. The molecule has 34 heavy (non-hydrogen) atoms. The summed E-state index contributed by atoms with van der Waals surface area (Å²) in [6.07, 6.45) is 2.67. The molecular formula is C27H35N5O2. The summed E-state index contributed by atoms with van der Waals surface area (Å²) < 4.78 is 7.37. The number of nitrogens with zero attached hydrogens (tertiary/aromatic N) is 4. The number of hydrogen-bond acceptors (Lipinski definition) is 5. The van der Waals surface area contributed by atoms with Crippen molar-refractivity contribution in [3.8, 4) is 5.75 Å². The Morgan fingerprint density at radius 1 is 1.00 bits per heavy atom. The lowest BCUT2D eigenvalue weighted by Crippen LogP contribution is -2.28. The van der Waals surface area contributed by atoms with Crippen molar-refractivity contribution in [1.29, 1.82) is 0 Å². The van der Waals surface area contributed by atoms with Gasteiger partial charge >= 0.3 is 0 Å². The van der Waals surface area contributed by atoms with Crippen LogP contribution in [-0.4, -0.2) is 52.3 Å². The third-order valence-corrected chi connectivity index (χ3v) is 6.25. The monoisotopic (exact) mass is 461 g/mol. The molecule has 1 aliphatic heterocycles. The van der Waals surface area contributed by atoms with Gasteiger partial charge in [-0.3, -0.25) is 9.69 Å². The number of aromatic nitrogens is 3. The van der Waals surface area contributed by atoms with E-state index in [2.05, 4.69) is 63.1 Å². The molecule has 0 saturated heterocycles. The highest BCUT2D eigenvalue weighted by Crippen LogP contribution is 2.15. The number of nitrogens with one attached hydrogen (secondary N) is 1. The predicted octanol–water partition coefficient (Wildman–Crippen LogP) is 3.52. The van der Waals surface area contributed by atoms with Crippen LogP contribution >= 0.6 is 0 Å². The third kappa shape index (κ3) is 6.23. The Morgan fingerprint density at radius 3 is 2.44 bits per heavy atom. The van der Waals surface area contributed by atoms with E-state index in [1.54, 1.807) is 31.4 Å². The van der Waals surface area contributed by atoms with Crippen molar-refractivity contribution in [2.75, 3.05) is 26.7 Å². The largest absolute Gasteiger partial charge is 0.497 e. The van der Waals surface area contributed by atoms with Gasteiger partial charge in [0.1, 0.15) is 17.4 Å². The highest BCUT2D eigenvalue weighted by atomic mass is 16.5. The van der Waals surface area contributed by atoms with Crippen LogP contribution in [0.25, 0.3) is 0 Å². The first-order chi connectivity index (χ1) is 16.5. The molecule has 1 amide bonds. The van der Waals surface area contributed by atoms with Crippen molar-refractivity contribution in [1.82, 2.24) is 25.0 Å². The number of fused-ring (bicyclic) bond motifs is 1. The van der Waals surface area contributed by atoms with Gasteiger partial charge in [-0.25, -0.2) is 0 Å². The molecule has 0 saturated carbocycles. The van der Waals surface area contributed by atoms with Crippen molar-refractivity contribution in [3.05, 3.63) is 76.9 Å². The quantitative estimate of drug-likeness (QED) is 0.528. The van der Waals surface area contributed by atoms with Gasteiger partial charge in [-0.15, -0.1) is 10.2 Å². The summed E-state index contributed by atoms with van der Waals surface area (Å²) in [6.45, 7) is 8.79. The lowest BCUT2D eigenvalue weighted by molar-refractivity contribution is 0.0954. The number of benzene rings is 2. The van der Waals surface area contributed by atoms with E-state index >= 15 is 0 Å². The Bertz CT molecular complexity index is 1070. The maximum atomic E-state index is 12.4. The fourth-order valence-corrected chi connectivity index (χ4v) is 4.41. The summed E-state index contributed by atoms with van der Waals surface area (Å²) in [7, 11) is 1.61. The van der Waals surface area contributed by atoms with Crippen molar-refractivity contribution in [2.45, 2.75) is 46.2 Å². The van der Waals surface area contributed by atoms with Gasteiger partial charge in [-0.05, 0) is 47.7 Å². The zero-order valence-corrected chi connectivity index (χ0v) is 20.5. The molecular weight excluding hydrogens is 426 g/mol. The fraction of sp³-hybridized carbons (Fsp3) is 0.444. The first kappa shape index (κ1) is 24.0. The molecule has 0 aliphatic carbocycles. The second-order valence-electron chi connectivity index (χ2n) is 9.36. The van der Waals surface area contributed by atoms with E-state index in [-0.39, 0.29) is 5.91 Å². The molecule has 7 heteroatoms. The van der Waals surface area contributed by atoms with Crippen LogP contribution in [0.15, 0.2) is 48.5 Å². The molecule has 4 rings (SSSR count). The van der Waals surface area contributed by atoms with Crippen molar-refractivity contribution >= 4 is 5.91 Å². The number of carbonyl (C=O) groups excluding carboxylic acids is 1. The number of methoxy groups -OCH3 is 1. The molecule has 2 heterocycles. The van der Waals surface area contributed by atoms with E-state index in [1.165, 1.54) is 11.1 Å². The maximum absolute atomic E-state index is 12.4. The van der Waals surface area contributed by atoms with Crippen LogP contribution in [-0.2, 0) is 32.4 Å². The lowest BCUT2D eigenvalue weighted by atomic mass is 10.0. The van der Waals surface area contributed by atoms with Gasteiger partial charge in [-0.1, -0.05) is 38.1 Å². The van der Waals surface area contributed by atoms with Crippen LogP contribution in [0.4, 0.5) is 0 Å². The Morgan fingerprint density at radius 2 is 1.74 bits per heavy atom. The average Bonchev–Trinajstić information content (AvgIpc) is 3.11.